The van der Waals surface area contributed by atoms with Crippen LogP contribution >= 0.6 is 0 Å². The van der Waals surface area contributed by atoms with Crippen molar-refractivity contribution < 1.29 is 9.53 Å². The highest BCUT2D eigenvalue weighted by atomic mass is 16.5. The van der Waals surface area contributed by atoms with E-state index in [1.54, 1.807) is 0 Å². The van der Waals surface area contributed by atoms with E-state index in [1.807, 2.05) is 18.2 Å². The van der Waals surface area contributed by atoms with Crippen molar-refractivity contribution in [1.29, 1.82) is 0 Å². The minimum atomic E-state index is 0.119. The largest absolute Gasteiger partial charge is 0.378 e. The van der Waals surface area contributed by atoms with Crippen LogP contribution in [0.25, 0.3) is 0 Å². The van der Waals surface area contributed by atoms with Crippen LogP contribution in [-0.2, 0) is 9.53 Å². The third-order valence-corrected chi connectivity index (χ3v) is 4.00. The van der Waals surface area contributed by atoms with E-state index in [2.05, 4.69) is 22.8 Å². The van der Waals surface area contributed by atoms with Gasteiger partial charge in [0, 0.05) is 19.0 Å². The van der Waals surface area contributed by atoms with Gasteiger partial charge in [0.1, 0.15) is 0 Å². The van der Waals surface area contributed by atoms with Gasteiger partial charge in [-0.25, -0.2) is 0 Å². The maximum Gasteiger partial charge on any atom is 0.222 e. The number of carbonyl (C=O) groups is 1. The molecule has 4 nitrogen and oxygen atoms in total. The first-order valence-electron chi connectivity index (χ1n) is 7.48. The van der Waals surface area contributed by atoms with Crippen molar-refractivity contribution in [3.63, 3.8) is 0 Å². The SMILES string of the molecule is O=C(CC1COCCN1)NC(c1ccccc1)C1CC1. The Morgan fingerprint density at radius 2 is 2.15 bits per heavy atom. The van der Waals surface area contributed by atoms with Gasteiger partial charge in [-0.3, -0.25) is 4.79 Å². The molecule has 2 fully saturated rings. The van der Waals surface area contributed by atoms with E-state index >= 15 is 0 Å². The van der Waals surface area contributed by atoms with Gasteiger partial charge in [0.05, 0.1) is 19.3 Å². The molecule has 108 valence electrons. The van der Waals surface area contributed by atoms with Crippen molar-refractivity contribution in [2.75, 3.05) is 19.8 Å². The average Bonchev–Trinajstić information content (AvgIpc) is 3.31. The van der Waals surface area contributed by atoms with Crippen LogP contribution in [0.15, 0.2) is 30.3 Å². The van der Waals surface area contributed by atoms with E-state index in [9.17, 15) is 4.79 Å². The van der Waals surface area contributed by atoms with Gasteiger partial charge in [0.2, 0.25) is 5.91 Å². The molecule has 2 atom stereocenters. The fourth-order valence-electron chi connectivity index (χ4n) is 2.77. The molecule has 1 aromatic carbocycles. The Labute approximate surface area is 119 Å². The molecule has 1 heterocycles. The highest BCUT2D eigenvalue weighted by molar-refractivity contribution is 5.77. The fourth-order valence-corrected chi connectivity index (χ4v) is 2.77. The first-order valence-corrected chi connectivity index (χ1v) is 7.48. The van der Waals surface area contributed by atoms with Crippen molar-refractivity contribution in [3.8, 4) is 0 Å². The quantitative estimate of drug-likeness (QED) is 0.858. The lowest BCUT2D eigenvalue weighted by Gasteiger charge is -2.25. The number of benzene rings is 1. The van der Waals surface area contributed by atoms with Crippen LogP contribution in [-0.4, -0.2) is 31.7 Å². The summed E-state index contributed by atoms with van der Waals surface area (Å²) in [6.45, 7) is 2.21. The Kier molecular flexibility index (Phi) is 4.33. The van der Waals surface area contributed by atoms with E-state index < -0.39 is 0 Å². The third-order valence-electron chi connectivity index (χ3n) is 4.00. The van der Waals surface area contributed by atoms with Crippen LogP contribution in [0.4, 0.5) is 0 Å². The van der Waals surface area contributed by atoms with Crippen LogP contribution < -0.4 is 10.6 Å². The van der Waals surface area contributed by atoms with Gasteiger partial charge in [0.25, 0.3) is 0 Å². The molecule has 20 heavy (non-hydrogen) atoms. The molecule has 1 saturated carbocycles. The monoisotopic (exact) mass is 274 g/mol. The van der Waals surface area contributed by atoms with E-state index in [0.29, 0.717) is 18.9 Å². The molecule has 1 aliphatic heterocycles. The molecule has 1 amide bonds. The summed E-state index contributed by atoms with van der Waals surface area (Å²) in [5.74, 6) is 0.727. The maximum atomic E-state index is 12.2. The van der Waals surface area contributed by atoms with Crippen molar-refractivity contribution in [2.24, 2.45) is 5.92 Å². The van der Waals surface area contributed by atoms with E-state index in [4.69, 9.17) is 4.74 Å². The van der Waals surface area contributed by atoms with E-state index in [-0.39, 0.29) is 18.0 Å². The van der Waals surface area contributed by atoms with E-state index in [1.165, 1.54) is 18.4 Å². The number of ether oxygens (including phenoxy) is 1. The smallest absolute Gasteiger partial charge is 0.222 e. The highest BCUT2D eigenvalue weighted by Crippen LogP contribution is 2.40. The number of hydrogen-bond donors (Lipinski definition) is 2. The van der Waals surface area contributed by atoms with Gasteiger partial charge in [0.15, 0.2) is 0 Å². The zero-order valence-corrected chi connectivity index (χ0v) is 11.7. The van der Waals surface area contributed by atoms with Crippen molar-refractivity contribution >= 4 is 5.91 Å². The Hall–Kier alpha value is -1.39. The molecule has 4 heteroatoms. The van der Waals surface area contributed by atoms with Crippen LogP contribution in [0.3, 0.4) is 0 Å². The molecular weight excluding hydrogens is 252 g/mol. The number of morpholine rings is 1. The van der Waals surface area contributed by atoms with Crippen molar-refractivity contribution in [3.05, 3.63) is 35.9 Å². The van der Waals surface area contributed by atoms with Crippen LogP contribution in [0.1, 0.15) is 30.9 Å². The standard InChI is InChI=1S/C16H22N2O2/c19-15(10-14-11-20-9-8-17-14)18-16(13-6-7-13)12-4-2-1-3-5-12/h1-5,13-14,16-17H,6-11H2,(H,18,19). The molecule has 2 aliphatic rings. The summed E-state index contributed by atoms with van der Waals surface area (Å²) in [6, 6.07) is 10.6. The zero-order chi connectivity index (χ0) is 13.8. The van der Waals surface area contributed by atoms with Crippen molar-refractivity contribution in [1.82, 2.24) is 10.6 Å². The first-order chi connectivity index (χ1) is 9.83. The molecule has 3 rings (SSSR count). The van der Waals surface area contributed by atoms with E-state index in [0.717, 1.165) is 13.2 Å². The van der Waals surface area contributed by atoms with Crippen LogP contribution in [0, 0.1) is 5.92 Å². The second-order valence-corrected chi connectivity index (χ2v) is 5.72. The molecule has 2 N–H and O–H groups in total. The summed E-state index contributed by atoms with van der Waals surface area (Å²) in [5.41, 5.74) is 1.22. The van der Waals surface area contributed by atoms with Gasteiger partial charge in [-0.15, -0.1) is 0 Å². The number of nitrogens with one attached hydrogen (secondary N) is 2. The summed E-state index contributed by atoms with van der Waals surface area (Å²) >= 11 is 0. The topological polar surface area (TPSA) is 50.4 Å². The Balaban J connectivity index is 1.57. The molecule has 0 bridgehead atoms. The predicted octanol–water partition coefficient (Wildman–Crippen LogP) is 1.63. The van der Waals surface area contributed by atoms with Gasteiger partial charge in [-0.05, 0) is 24.3 Å². The second-order valence-electron chi connectivity index (χ2n) is 5.72. The number of amides is 1. The van der Waals surface area contributed by atoms with Crippen LogP contribution in [0.5, 0.6) is 0 Å². The molecule has 0 radical (unpaired) electrons. The minimum Gasteiger partial charge on any atom is -0.378 e. The average molecular weight is 274 g/mol. The predicted molar refractivity (Wildman–Crippen MR) is 77.3 cm³/mol. The summed E-state index contributed by atoms with van der Waals surface area (Å²) in [7, 11) is 0. The van der Waals surface area contributed by atoms with Gasteiger partial charge in [-0.1, -0.05) is 30.3 Å². The fraction of sp³-hybridized carbons (Fsp3) is 0.562. The molecule has 1 saturated heterocycles. The first kappa shape index (κ1) is 13.6. The lowest BCUT2D eigenvalue weighted by Crippen LogP contribution is -2.44. The number of hydrogen-bond acceptors (Lipinski definition) is 3. The molecule has 1 aliphatic carbocycles. The summed E-state index contributed by atoms with van der Waals surface area (Å²) in [4.78, 5) is 12.2. The van der Waals surface area contributed by atoms with Gasteiger partial charge >= 0.3 is 0 Å². The van der Waals surface area contributed by atoms with Gasteiger partial charge < -0.3 is 15.4 Å². The zero-order valence-electron chi connectivity index (χ0n) is 11.7. The number of rotatable bonds is 5. The molecular formula is C16H22N2O2. The Bertz CT molecular complexity index is 439. The Morgan fingerprint density at radius 1 is 1.35 bits per heavy atom. The summed E-state index contributed by atoms with van der Waals surface area (Å²) in [6.07, 6.45) is 2.92. The minimum absolute atomic E-state index is 0.119. The van der Waals surface area contributed by atoms with Gasteiger partial charge in [-0.2, -0.15) is 0 Å². The third kappa shape index (κ3) is 3.58. The molecule has 2 unspecified atom stereocenters. The molecule has 0 spiro atoms. The summed E-state index contributed by atoms with van der Waals surface area (Å²) in [5, 5.41) is 6.53. The maximum absolute atomic E-state index is 12.2. The highest BCUT2D eigenvalue weighted by Gasteiger charge is 2.33. The molecule has 0 aromatic heterocycles. The Morgan fingerprint density at radius 3 is 2.80 bits per heavy atom. The second kappa shape index (κ2) is 6.37. The summed E-state index contributed by atoms with van der Waals surface area (Å²) < 4.78 is 5.39. The normalized spacial score (nSPS) is 24.1. The lowest BCUT2D eigenvalue weighted by atomic mass is 10.0. The number of carbonyl (C=O) groups excluding carboxylic acids is 1. The molecule has 1 aromatic rings. The van der Waals surface area contributed by atoms with Crippen LogP contribution in [0.2, 0.25) is 0 Å². The lowest BCUT2D eigenvalue weighted by molar-refractivity contribution is -0.123. The van der Waals surface area contributed by atoms with Crippen molar-refractivity contribution in [2.45, 2.75) is 31.3 Å².